The third kappa shape index (κ3) is 6.25. The van der Waals surface area contributed by atoms with Gasteiger partial charge in [-0.2, -0.15) is 0 Å². The molecule has 0 radical (unpaired) electrons. The van der Waals surface area contributed by atoms with Gasteiger partial charge in [-0.05, 0) is 43.4 Å². The molecule has 4 nitrogen and oxygen atoms in total. The van der Waals surface area contributed by atoms with Gasteiger partial charge in [-0.25, -0.2) is 0 Å². The summed E-state index contributed by atoms with van der Waals surface area (Å²) in [6.45, 7) is 0.989. The van der Waals surface area contributed by atoms with Gasteiger partial charge in [0.05, 0.1) is 0 Å². The maximum Gasteiger partial charge on any atom is 0.222 e. The van der Waals surface area contributed by atoms with E-state index in [4.69, 9.17) is 10.8 Å². The summed E-state index contributed by atoms with van der Waals surface area (Å²) in [4.78, 5) is 13.7. The first-order valence-electron chi connectivity index (χ1n) is 6.82. The van der Waals surface area contributed by atoms with Crippen LogP contribution in [0.2, 0.25) is 0 Å². The van der Waals surface area contributed by atoms with Crippen molar-refractivity contribution in [3.05, 3.63) is 29.8 Å². The molecule has 4 heteroatoms. The lowest BCUT2D eigenvalue weighted by molar-refractivity contribution is -0.129. The number of aliphatic hydroxyl groups excluding tert-OH is 1. The predicted molar refractivity (Wildman–Crippen MR) is 77.7 cm³/mol. The molecule has 1 amide bonds. The average molecular weight is 264 g/mol. The van der Waals surface area contributed by atoms with E-state index in [1.807, 2.05) is 31.3 Å². The first kappa shape index (κ1) is 15.5. The monoisotopic (exact) mass is 264 g/mol. The van der Waals surface area contributed by atoms with Crippen molar-refractivity contribution in [2.75, 3.05) is 25.9 Å². The quantitative estimate of drug-likeness (QED) is 0.556. The Kier molecular flexibility index (Phi) is 6.97. The van der Waals surface area contributed by atoms with E-state index in [0.29, 0.717) is 6.42 Å². The summed E-state index contributed by atoms with van der Waals surface area (Å²) in [7, 11) is 1.83. The van der Waals surface area contributed by atoms with Crippen LogP contribution >= 0.6 is 0 Å². The molecular weight excluding hydrogens is 240 g/mol. The van der Waals surface area contributed by atoms with Crippen LogP contribution < -0.4 is 5.73 Å². The summed E-state index contributed by atoms with van der Waals surface area (Å²) in [5.41, 5.74) is 7.54. The van der Waals surface area contributed by atoms with Crippen LogP contribution in [0.4, 0.5) is 5.69 Å². The van der Waals surface area contributed by atoms with Gasteiger partial charge in [0.25, 0.3) is 0 Å². The van der Waals surface area contributed by atoms with Crippen LogP contribution in [0.5, 0.6) is 0 Å². The molecule has 3 N–H and O–H groups in total. The summed E-state index contributed by atoms with van der Waals surface area (Å²) < 4.78 is 0. The highest BCUT2D eigenvalue weighted by atomic mass is 16.2. The molecule has 106 valence electrons. The maximum absolute atomic E-state index is 11.9. The van der Waals surface area contributed by atoms with Crippen molar-refractivity contribution in [2.45, 2.75) is 32.1 Å². The van der Waals surface area contributed by atoms with Gasteiger partial charge in [-0.3, -0.25) is 4.79 Å². The van der Waals surface area contributed by atoms with E-state index >= 15 is 0 Å². The predicted octanol–water partition coefficient (Wildman–Crippen LogP) is 1.82. The standard InChI is InChI=1S/C15H24N2O2/c1-17(10-3-2-4-11-18)15(19)9-8-13-6-5-7-14(16)12-13/h5-7,12,18H,2-4,8-11,16H2,1H3. The fraction of sp³-hybridized carbons (Fsp3) is 0.533. The smallest absolute Gasteiger partial charge is 0.222 e. The second kappa shape index (κ2) is 8.53. The zero-order chi connectivity index (χ0) is 14.1. The van der Waals surface area contributed by atoms with Gasteiger partial charge in [-0.15, -0.1) is 0 Å². The van der Waals surface area contributed by atoms with Gasteiger partial charge in [0.15, 0.2) is 0 Å². The van der Waals surface area contributed by atoms with E-state index in [1.54, 1.807) is 4.90 Å². The van der Waals surface area contributed by atoms with Crippen molar-refractivity contribution in [2.24, 2.45) is 0 Å². The molecule has 0 saturated heterocycles. The molecule has 0 bridgehead atoms. The van der Waals surface area contributed by atoms with Crippen LogP contribution in [0.3, 0.4) is 0 Å². The number of anilines is 1. The second-order valence-electron chi connectivity index (χ2n) is 4.84. The lowest BCUT2D eigenvalue weighted by atomic mass is 10.1. The zero-order valence-corrected chi connectivity index (χ0v) is 11.6. The largest absolute Gasteiger partial charge is 0.399 e. The van der Waals surface area contributed by atoms with E-state index in [0.717, 1.165) is 43.5 Å². The number of nitrogens with zero attached hydrogens (tertiary/aromatic N) is 1. The number of aryl methyl sites for hydroxylation is 1. The Balaban J connectivity index is 2.26. The van der Waals surface area contributed by atoms with Crippen LogP contribution in [-0.2, 0) is 11.2 Å². The first-order valence-corrected chi connectivity index (χ1v) is 6.82. The van der Waals surface area contributed by atoms with Gasteiger partial charge < -0.3 is 15.7 Å². The van der Waals surface area contributed by atoms with E-state index < -0.39 is 0 Å². The van der Waals surface area contributed by atoms with Crippen molar-refractivity contribution in [3.8, 4) is 0 Å². The molecule has 1 rings (SSSR count). The molecule has 0 aromatic heterocycles. The molecule has 0 fully saturated rings. The molecular formula is C15H24N2O2. The van der Waals surface area contributed by atoms with Crippen molar-refractivity contribution in [3.63, 3.8) is 0 Å². The Morgan fingerprint density at radius 1 is 1.32 bits per heavy atom. The summed E-state index contributed by atoms with van der Waals surface area (Å²) in [6, 6.07) is 7.66. The van der Waals surface area contributed by atoms with Crippen LogP contribution in [0.15, 0.2) is 24.3 Å². The Morgan fingerprint density at radius 2 is 2.11 bits per heavy atom. The molecule has 1 aromatic carbocycles. The average Bonchev–Trinajstić information content (AvgIpc) is 2.41. The molecule has 0 atom stereocenters. The van der Waals surface area contributed by atoms with Crippen LogP contribution in [-0.4, -0.2) is 36.1 Å². The number of nitrogen functional groups attached to an aromatic ring is 1. The topological polar surface area (TPSA) is 66.6 Å². The van der Waals surface area contributed by atoms with Crippen molar-refractivity contribution in [1.82, 2.24) is 4.90 Å². The SMILES string of the molecule is CN(CCCCCO)C(=O)CCc1cccc(N)c1. The number of carbonyl (C=O) groups is 1. The number of benzene rings is 1. The van der Waals surface area contributed by atoms with Crippen LogP contribution in [0.25, 0.3) is 0 Å². The van der Waals surface area contributed by atoms with E-state index in [9.17, 15) is 4.79 Å². The number of carbonyl (C=O) groups excluding carboxylic acids is 1. The molecule has 19 heavy (non-hydrogen) atoms. The molecule has 0 heterocycles. The van der Waals surface area contributed by atoms with Crippen molar-refractivity contribution >= 4 is 11.6 Å². The number of unbranched alkanes of at least 4 members (excludes halogenated alkanes) is 2. The molecule has 0 aliphatic heterocycles. The summed E-state index contributed by atoms with van der Waals surface area (Å²) >= 11 is 0. The molecule has 0 aliphatic carbocycles. The third-order valence-electron chi connectivity index (χ3n) is 3.16. The molecule has 0 aliphatic rings. The van der Waals surface area contributed by atoms with E-state index in [-0.39, 0.29) is 12.5 Å². The highest BCUT2D eigenvalue weighted by Crippen LogP contribution is 2.09. The number of aliphatic hydroxyl groups is 1. The fourth-order valence-electron chi connectivity index (χ4n) is 1.95. The van der Waals surface area contributed by atoms with Gasteiger partial charge in [0.1, 0.15) is 0 Å². The number of amides is 1. The molecule has 0 unspecified atom stereocenters. The minimum atomic E-state index is 0.159. The molecule has 1 aromatic rings. The zero-order valence-electron chi connectivity index (χ0n) is 11.6. The summed E-state index contributed by atoms with van der Waals surface area (Å²) in [6.07, 6.45) is 3.96. The Hall–Kier alpha value is -1.55. The second-order valence-corrected chi connectivity index (χ2v) is 4.84. The summed E-state index contributed by atoms with van der Waals surface area (Å²) in [5.74, 6) is 0.159. The van der Waals surface area contributed by atoms with Gasteiger partial charge in [0.2, 0.25) is 5.91 Å². The minimum Gasteiger partial charge on any atom is -0.399 e. The van der Waals surface area contributed by atoms with Crippen LogP contribution in [0, 0.1) is 0 Å². The maximum atomic E-state index is 11.9. The van der Waals surface area contributed by atoms with Gasteiger partial charge >= 0.3 is 0 Å². The van der Waals surface area contributed by atoms with Crippen molar-refractivity contribution < 1.29 is 9.90 Å². The normalized spacial score (nSPS) is 10.4. The number of hydrogen-bond acceptors (Lipinski definition) is 3. The Morgan fingerprint density at radius 3 is 2.79 bits per heavy atom. The molecule has 0 spiro atoms. The van der Waals surface area contributed by atoms with E-state index in [2.05, 4.69) is 0 Å². The Bertz CT molecular complexity index is 393. The van der Waals surface area contributed by atoms with Crippen LogP contribution in [0.1, 0.15) is 31.2 Å². The Labute approximate surface area is 115 Å². The number of rotatable bonds is 8. The third-order valence-corrected chi connectivity index (χ3v) is 3.16. The van der Waals surface area contributed by atoms with Crippen molar-refractivity contribution in [1.29, 1.82) is 0 Å². The first-order chi connectivity index (χ1) is 9.13. The number of nitrogens with two attached hydrogens (primary N) is 1. The van der Waals surface area contributed by atoms with Gasteiger partial charge in [0, 0.05) is 32.3 Å². The lowest BCUT2D eigenvalue weighted by Crippen LogP contribution is -2.27. The fourth-order valence-corrected chi connectivity index (χ4v) is 1.95. The number of hydrogen-bond donors (Lipinski definition) is 2. The minimum absolute atomic E-state index is 0.159. The summed E-state index contributed by atoms with van der Waals surface area (Å²) in [5, 5.41) is 8.68. The van der Waals surface area contributed by atoms with E-state index in [1.165, 1.54) is 0 Å². The van der Waals surface area contributed by atoms with Gasteiger partial charge in [-0.1, -0.05) is 12.1 Å². The lowest BCUT2D eigenvalue weighted by Gasteiger charge is -2.17. The highest BCUT2D eigenvalue weighted by Gasteiger charge is 2.08. The molecule has 0 saturated carbocycles. The highest BCUT2D eigenvalue weighted by molar-refractivity contribution is 5.76.